The Morgan fingerprint density at radius 2 is 1.79 bits per heavy atom. The standard InChI is InChI=1S/C14H20N2O7S/c1-2-3-10(17)9-24(22)7-6-11(18)15-8-14(21)23-16-12(19)4-5-13(16)20/h2-9H2,1H3,(H,15,18). The Balaban J connectivity index is 2.22. The third-order valence-electron chi connectivity index (χ3n) is 3.04. The molecule has 1 N–H and O–H groups in total. The summed E-state index contributed by atoms with van der Waals surface area (Å²) in [6, 6.07) is 0. The zero-order valence-corrected chi connectivity index (χ0v) is 14.2. The van der Waals surface area contributed by atoms with Gasteiger partial charge < -0.3 is 10.2 Å². The van der Waals surface area contributed by atoms with E-state index in [1.54, 1.807) is 0 Å². The summed E-state index contributed by atoms with van der Waals surface area (Å²) < 4.78 is 11.6. The Morgan fingerprint density at radius 1 is 1.17 bits per heavy atom. The maximum atomic E-state index is 11.6. The van der Waals surface area contributed by atoms with Crippen LogP contribution in [0, 0.1) is 0 Å². The van der Waals surface area contributed by atoms with Crippen LogP contribution in [0.2, 0.25) is 0 Å². The monoisotopic (exact) mass is 360 g/mol. The first-order chi connectivity index (χ1) is 11.3. The summed E-state index contributed by atoms with van der Waals surface area (Å²) in [5.74, 6) is -2.88. The van der Waals surface area contributed by atoms with Crippen molar-refractivity contribution < 1.29 is 33.0 Å². The molecule has 1 heterocycles. The first-order valence-electron chi connectivity index (χ1n) is 7.53. The van der Waals surface area contributed by atoms with Crippen molar-refractivity contribution in [3.63, 3.8) is 0 Å². The van der Waals surface area contributed by atoms with Gasteiger partial charge in [0.1, 0.15) is 12.3 Å². The third kappa shape index (κ3) is 6.99. The number of nitrogens with zero attached hydrogens (tertiary/aromatic N) is 1. The molecular weight excluding hydrogens is 340 g/mol. The average molecular weight is 360 g/mol. The van der Waals surface area contributed by atoms with Gasteiger partial charge in [-0.2, -0.15) is 0 Å². The molecule has 1 rings (SSSR count). The van der Waals surface area contributed by atoms with Gasteiger partial charge in [-0.3, -0.25) is 23.4 Å². The molecule has 0 aliphatic carbocycles. The Kier molecular flexibility index (Phi) is 8.24. The van der Waals surface area contributed by atoms with Gasteiger partial charge in [0.15, 0.2) is 0 Å². The van der Waals surface area contributed by atoms with Crippen molar-refractivity contribution in [3.8, 4) is 0 Å². The van der Waals surface area contributed by atoms with Crippen LogP contribution in [0.5, 0.6) is 0 Å². The number of ketones is 1. The molecule has 1 aliphatic rings. The van der Waals surface area contributed by atoms with E-state index in [0.29, 0.717) is 17.9 Å². The van der Waals surface area contributed by atoms with Crippen molar-refractivity contribution in [2.24, 2.45) is 0 Å². The van der Waals surface area contributed by atoms with Gasteiger partial charge in [-0.1, -0.05) is 6.92 Å². The molecule has 0 aromatic carbocycles. The molecule has 1 unspecified atom stereocenters. The minimum Gasteiger partial charge on any atom is -0.345 e. The van der Waals surface area contributed by atoms with E-state index in [9.17, 15) is 28.2 Å². The number of hydrogen-bond acceptors (Lipinski definition) is 7. The quantitative estimate of drug-likeness (QED) is 0.506. The number of nitrogens with one attached hydrogen (secondary N) is 1. The largest absolute Gasteiger partial charge is 0.352 e. The number of carbonyl (C=O) groups excluding carboxylic acids is 5. The highest BCUT2D eigenvalue weighted by molar-refractivity contribution is 7.85. The predicted octanol–water partition coefficient (Wildman–Crippen LogP) is -0.782. The molecule has 0 spiro atoms. The lowest BCUT2D eigenvalue weighted by Gasteiger charge is -2.12. The molecule has 1 fully saturated rings. The fourth-order valence-corrected chi connectivity index (χ4v) is 2.92. The molecule has 0 radical (unpaired) electrons. The van der Waals surface area contributed by atoms with Gasteiger partial charge in [-0.15, -0.1) is 5.06 Å². The number of rotatable bonds is 10. The fourth-order valence-electron chi connectivity index (χ4n) is 1.86. The van der Waals surface area contributed by atoms with Crippen LogP contribution in [0.25, 0.3) is 0 Å². The number of hydrogen-bond donors (Lipinski definition) is 1. The summed E-state index contributed by atoms with van der Waals surface area (Å²) in [4.78, 5) is 61.4. The van der Waals surface area contributed by atoms with E-state index in [0.717, 1.165) is 0 Å². The molecule has 1 aliphatic heterocycles. The van der Waals surface area contributed by atoms with Gasteiger partial charge in [-0.25, -0.2) is 4.79 Å². The van der Waals surface area contributed by atoms with Crippen molar-refractivity contribution in [2.75, 3.05) is 18.1 Å². The van der Waals surface area contributed by atoms with E-state index in [4.69, 9.17) is 0 Å². The zero-order chi connectivity index (χ0) is 18.1. The van der Waals surface area contributed by atoms with Gasteiger partial charge in [0.2, 0.25) is 5.91 Å². The van der Waals surface area contributed by atoms with E-state index < -0.39 is 41.0 Å². The second-order valence-corrected chi connectivity index (χ2v) is 6.73. The van der Waals surface area contributed by atoms with Crippen LogP contribution in [-0.2, 0) is 39.6 Å². The van der Waals surface area contributed by atoms with Gasteiger partial charge in [0.05, 0.1) is 5.75 Å². The zero-order valence-electron chi connectivity index (χ0n) is 13.4. The minimum atomic E-state index is -1.42. The van der Waals surface area contributed by atoms with E-state index >= 15 is 0 Å². The summed E-state index contributed by atoms with van der Waals surface area (Å²) >= 11 is 0. The molecular formula is C14H20N2O7S. The van der Waals surface area contributed by atoms with Crippen molar-refractivity contribution in [1.82, 2.24) is 10.4 Å². The maximum Gasteiger partial charge on any atom is 0.352 e. The van der Waals surface area contributed by atoms with Crippen LogP contribution < -0.4 is 5.32 Å². The first kappa shape index (κ1) is 19.9. The second-order valence-electron chi connectivity index (χ2n) is 5.15. The summed E-state index contributed by atoms with van der Waals surface area (Å²) in [5.41, 5.74) is 0. The Bertz CT molecular complexity index is 545. The molecule has 10 heteroatoms. The molecule has 9 nitrogen and oxygen atoms in total. The lowest BCUT2D eigenvalue weighted by molar-refractivity contribution is -0.196. The van der Waals surface area contributed by atoms with Crippen molar-refractivity contribution >= 4 is 40.3 Å². The number of carbonyl (C=O) groups is 5. The molecule has 0 aromatic rings. The lowest BCUT2D eigenvalue weighted by Crippen LogP contribution is -2.38. The molecule has 24 heavy (non-hydrogen) atoms. The molecule has 0 bridgehead atoms. The highest BCUT2D eigenvalue weighted by atomic mass is 32.2. The molecule has 0 saturated carbocycles. The lowest BCUT2D eigenvalue weighted by atomic mass is 10.3. The van der Waals surface area contributed by atoms with Crippen LogP contribution in [0.1, 0.15) is 39.0 Å². The summed E-state index contributed by atoms with van der Waals surface area (Å²) in [7, 11) is -1.42. The second kappa shape index (κ2) is 9.91. The van der Waals surface area contributed by atoms with Crippen molar-refractivity contribution in [2.45, 2.75) is 39.0 Å². The van der Waals surface area contributed by atoms with Crippen LogP contribution in [0.3, 0.4) is 0 Å². The van der Waals surface area contributed by atoms with E-state index in [2.05, 4.69) is 10.2 Å². The Morgan fingerprint density at radius 3 is 2.38 bits per heavy atom. The average Bonchev–Trinajstić information content (AvgIpc) is 2.83. The van der Waals surface area contributed by atoms with E-state index in [-0.39, 0.29) is 36.6 Å². The van der Waals surface area contributed by atoms with E-state index in [1.807, 2.05) is 6.92 Å². The number of imide groups is 1. The molecule has 1 atom stereocenters. The first-order valence-corrected chi connectivity index (χ1v) is 9.02. The smallest absolute Gasteiger partial charge is 0.345 e. The van der Waals surface area contributed by atoms with Crippen LogP contribution in [-0.4, -0.2) is 56.8 Å². The Labute approximate surface area is 141 Å². The topological polar surface area (TPSA) is 127 Å². The summed E-state index contributed by atoms with van der Waals surface area (Å²) in [6.07, 6.45) is 0.904. The van der Waals surface area contributed by atoms with Gasteiger partial charge in [-0.05, 0) is 6.42 Å². The van der Waals surface area contributed by atoms with Crippen LogP contribution in [0.15, 0.2) is 0 Å². The normalized spacial score (nSPS) is 15.3. The Hall–Kier alpha value is -2.10. The predicted molar refractivity (Wildman–Crippen MR) is 82.6 cm³/mol. The van der Waals surface area contributed by atoms with Gasteiger partial charge in [0, 0.05) is 42.2 Å². The number of Topliss-reactive ketones (excluding diaryl/α,β-unsaturated/α-hetero) is 1. The molecule has 0 aromatic heterocycles. The third-order valence-corrected chi connectivity index (χ3v) is 4.34. The van der Waals surface area contributed by atoms with Gasteiger partial charge in [0.25, 0.3) is 11.8 Å². The van der Waals surface area contributed by atoms with Crippen LogP contribution >= 0.6 is 0 Å². The number of amides is 3. The highest BCUT2D eigenvalue weighted by Crippen LogP contribution is 2.11. The maximum absolute atomic E-state index is 11.6. The molecule has 1 saturated heterocycles. The summed E-state index contributed by atoms with van der Waals surface area (Å²) in [6.45, 7) is 1.33. The fraction of sp³-hybridized carbons (Fsp3) is 0.643. The highest BCUT2D eigenvalue weighted by Gasteiger charge is 2.32. The molecule has 3 amide bonds. The van der Waals surface area contributed by atoms with Gasteiger partial charge >= 0.3 is 5.97 Å². The number of hydroxylamine groups is 2. The van der Waals surface area contributed by atoms with Crippen molar-refractivity contribution in [3.05, 3.63) is 0 Å². The molecule has 134 valence electrons. The minimum absolute atomic E-state index is 0.0129. The summed E-state index contributed by atoms with van der Waals surface area (Å²) in [5, 5.41) is 2.63. The van der Waals surface area contributed by atoms with E-state index in [1.165, 1.54) is 0 Å². The SMILES string of the molecule is CCCC(=O)CS(=O)CCC(=O)NCC(=O)ON1C(=O)CCC1=O. The van der Waals surface area contributed by atoms with Crippen molar-refractivity contribution in [1.29, 1.82) is 0 Å². The van der Waals surface area contributed by atoms with Crippen LogP contribution in [0.4, 0.5) is 0 Å².